The van der Waals surface area contributed by atoms with Crippen molar-refractivity contribution in [2.45, 2.75) is 45.1 Å². The summed E-state index contributed by atoms with van der Waals surface area (Å²) in [5.74, 6) is -0.0880. The molecule has 0 bridgehead atoms. The maximum atomic E-state index is 12.5. The molecule has 3 atom stereocenters. The number of amides is 2. The van der Waals surface area contributed by atoms with Gasteiger partial charge in [0.1, 0.15) is 12.6 Å². The highest BCUT2D eigenvalue weighted by atomic mass is 16.5. The molecule has 138 valence electrons. The molecule has 2 rings (SSSR count). The lowest BCUT2D eigenvalue weighted by molar-refractivity contribution is -0.124. The zero-order valence-electron chi connectivity index (χ0n) is 14.7. The van der Waals surface area contributed by atoms with Gasteiger partial charge in [-0.25, -0.2) is 4.79 Å². The molecule has 1 aromatic carbocycles. The van der Waals surface area contributed by atoms with Crippen LogP contribution in [0.1, 0.15) is 25.8 Å². The number of hydrogen-bond acceptors (Lipinski definition) is 5. The van der Waals surface area contributed by atoms with E-state index < -0.39 is 18.2 Å². The average molecular weight is 349 g/mol. The van der Waals surface area contributed by atoms with E-state index in [0.717, 1.165) is 5.56 Å². The molecule has 25 heavy (non-hydrogen) atoms. The van der Waals surface area contributed by atoms with Crippen molar-refractivity contribution in [1.82, 2.24) is 16.0 Å². The minimum Gasteiger partial charge on any atom is -0.445 e. The largest absolute Gasteiger partial charge is 0.445 e. The summed E-state index contributed by atoms with van der Waals surface area (Å²) in [6.45, 7) is 5.06. The predicted octanol–water partition coefficient (Wildman–Crippen LogP) is 0.776. The van der Waals surface area contributed by atoms with Crippen molar-refractivity contribution < 1.29 is 19.4 Å². The number of rotatable bonds is 7. The summed E-state index contributed by atoms with van der Waals surface area (Å²) in [7, 11) is 0. The van der Waals surface area contributed by atoms with Gasteiger partial charge < -0.3 is 25.8 Å². The normalized spacial score (nSPS) is 21.0. The molecule has 0 saturated carbocycles. The van der Waals surface area contributed by atoms with Crippen LogP contribution in [-0.4, -0.2) is 48.4 Å². The molecule has 2 unspecified atom stereocenters. The third-order valence-electron chi connectivity index (χ3n) is 4.04. The highest BCUT2D eigenvalue weighted by Gasteiger charge is 2.30. The quantitative estimate of drug-likeness (QED) is 0.583. The second-order valence-corrected chi connectivity index (χ2v) is 6.73. The van der Waals surface area contributed by atoms with Gasteiger partial charge in [0, 0.05) is 13.1 Å². The van der Waals surface area contributed by atoms with Crippen molar-refractivity contribution in [3.63, 3.8) is 0 Å². The van der Waals surface area contributed by atoms with E-state index in [0.29, 0.717) is 19.5 Å². The van der Waals surface area contributed by atoms with E-state index in [1.807, 2.05) is 44.2 Å². The fourth-order valence-corrected chi connectivity index (χ4v) is 2.71. The molecule has 0 spiro atoms. The van der Waals surface area contributed by atoms with Gasteiger partial charge in [-0.2, -0.15) is 0 Å². The molecule has 0 radical (unpaired) electrons. The van der Waals surface area contributed by atoms with Crippen LogP contribution in [0.5, 0.6) is 0 Å². The van der Waals surface area contributed by atoms with Gasteiger partial charge in [0.2, 0.25) is 5.91 Å². The Bertz CT molecular complexity index is 565. The summed E-state index contributed by atoms with van der Waals surface area (Å²) in [5.41, 5.74) is 0.877. The topological polar surface area (TPSA) is 99.7 Å². The Kier molecular flexibility index (Phi) is 7.21. The van der Waals surface area contributed by atoms with Gasteiger partial charge >= 0.3 is 6.09 Å². The van der Waals surface area contributed by atoms with Crippen LogP contribution >= 0.6 is 0 Å². The number of carbonyl (C=O) groups is 2. The zero-order chi connectivity index (χ0) is 18.2. The maximum Gasteiger partial charge on any atom is 0.408 e. The number of aliphatic hydroxyl groups is 1. The molecule has 0 aromatic heterocycles. The van der Waals surface area contributed by atoms with Crippen molar-refractivity contribution in [2.24, 2.45) is 5.92 Å². The molecule has 1 fully saturated rings. The highest BCUT2D eigenvalue weighted by molar-refractivity contribution is 5.85. The summed E-state index contributed by atoms with van der Waals surface area (Å²) >= 11 is 0. The van der Waals surface area contributed by atoms with E-state index in [4.69, 9.17) is 4.74 Å². The molecule has 1 saturated heterocycles. The van der Waals surface area contributed by atoms with Crippen LogP contribution in [0.25, 0.3) is 0 Å². The standard InChI is InChI=1S/C18H27N3O4/c1-12(2)8-14(17(23)20-15-9-19-10-16(15)22)21-18(24)25-11-13-6-4-3-5-7-13/h3-7,12,14-16,19,22H,8-11H2,1-2H3,(H,20,23)(H,21,24)/t14-,15?,16?/m0/s1. The van der Waals surface area contributed by atoms with Crippen LogP contribution in [0.2, 0.25) is 0 Å². The molecule has 7 nitrogen and oxygen atoms in total. The molecule has 1 heterocycles. The molecular formula is C18H27N3O4. The van der Waals surface area contributed by atoms with Crippen LogP contribution in [-0.2, 0) is 16.1 Å². The Morgan fingerprint density at radius 1 is 1.28 bits per heavy atom. The predicted molar refractivity (Wildman–Crippen MR) is 93.8 cm³/mol. The van der Waals surface area contributed by atoms with Crippen molar-refractivity contribution in [3.05, 3.63) is 35.9 Å². The van der Waals surface area contributed by atoms with Crippen molar-refractivity contribution >= 4 is 12.0 Å². The third kappa shape index (κ3) is 6.36. The number of β-amino-alcohol motifs (C(OH)–C–C–N with tert-alkyl or cyclic N) is 1. The Balaban J connectivity index is 1.87. The molecule has 4 N–H and O–H groups in total. The van der Waals surface area contributed by atoms with E-state index in [1.165, 1.54) is 0 Å². The summed E-state index contributed by atoms with van der Waals surface area (Å²) in [5, 5.41) is 18.2. The zero-order valence-corrected chi connectivity index (χ0v) is 14.7. The number of nitrogens with one attached hydrogen (secondary N) is 3. The summed E-state index contributed by atoms with van der Waals surface area (Å²) < 4.78 is 5.19. The van der Waals surface area contributed by atoms with Crippen LogP contribution in [0.4, 0.5) is 4.79 Å². The van der Waals surface area contributed by atoms with Gasteiger partial charge in [-0.15, -0.1) is 0 Å². The number of ether oxygens (including phenoxy) is 1. The number of hydrogen-bond donors (Lipinski definition) is 4. The first kappa shape index (κ1) is 19.2. The molecule has 1 aromatic rings. The molecule has 7 heteroatoms. The second-order valence-electron chi connectivity index (χ2n) is 6.73. The minimum absolute atomic E-state index is 0.147. The third-order valence-corrected chi connectivity index (χ3v) is 4.04. The first-order valence-corrected chi connectivity index (χ1v) is 8.62. The molecular weight excluding hydrogens is 322 g/mol. The number of benzene rings is 1. The van der Waals surface area contributed by atoms with Gasteiger partial charge in [-0.1, -0.05) is 44.2 Å². The second kappa shape index (κ2) is 9.39. The van der Waals surface area contributed by atoms with Crippen LogP contribution in [0.15, 0.2) is 30.3 Å². The van der Waals surface area contributed by atoms with Gasteiger partial charge in [0.05, 0.1) is 12.1 Å². The number of carbonyl (C=O) groups excluding carboxylic acids is 2. The Morgan fingerprint density at radius 3 is 2.60 bits per heavy atom. The van der Waals surface area contributed by atoms with E-state index >= 15 is 0 Å². The average Bonchev–Trinajstić information content (AvgIpc) is 2.98. The molecule has 1 aliphatic heterocycles. The molecule has 0 aliphatic carbocycles. The molecule has 2 amide bonds. The van der Waals surface area contributed by atoms with Gasteiger partial charge in [-0.3, -0.25) is 4.79 Å². The first-order chi connectivity index (χ1) is 12.0. The fraction of sp³-hybridized carbons (Fsp3) is 0.556. The van der Waals surface area contributed by atoms with Gasteiger partial charge in [-0.05, 0) is 17.9 Å². The summed E-state index contributed by atoms with van der Waals surface area (Å²) in [6, 6.07) is 8.30. The summed E-state index contributed by atoms with van der Waals surface area (Å²) in [4.78, 5) is 24.5. The van der Waals surface area contributed by atoms with Gasteiger partial charge in [0.25, 0.3) is 0 Å². The lowest BCUT2D eigenvalue weighted by Gasteiger charge is -2.23. The van der Waals surface area contributed by atoms with Crippen LogP contribution in [0.3, 0.4) is 0 Å². The van der Waals surface area contributed by atoms with Crippen molar-refractivity contribution in [2.75, 3.05) is 13.1 Å². The lowest BCUT2D eigenvalue weighted by Crippen LogP contribution is -2.52. The van der Waals surface area contributed by atoms with E-state index in [2.05, 4.69) is 16.0 Å². The SMILES string of the molecule is CC(C)C[C@H](NC(=O)OCc1ccccc1)C(=O)NC1CNCC1O. The monoisotopic (exact) mass is 349 g/mol. The first-order valence-electron chi connectivity index (χ1n) is 8.62. The fourth-order valence-electron chi connectivity index (χ4n) is 2.71. The van der Waals surface area contributed by atoms with Gasteiger partial charge in [0.15, 0.2) is 0 Å². The lowest BCUT2D eigenvalue weighted by atomic mass is 10.0. The maximum absolute atomic E-state index is 12.5. The Morgan fingerprint density at radius 2 is 2.00 bits per heavy atom. The Labute approximate surface area is 148 Å². The van der Waals surface area contributed by atoms with E-state index in [9.17, 15) is 14.7 Å². The number of aliphatic hydroxyl groups excluding tert-OH is 1. The van der Waals surface area contributed by atoms with Crippen LogP contribution < -0.4 is 16.0 Å². The smallest absolute Gasteiger partial charge is 0.408 e. The van der Waals surface area contributed by atoms with Crippen molar-refractivity contribution in [1.29, 1.82) is 0 Å². The van der Waals surface area contributed by atoms with E-state index in [1.54, 1.807) is 0 Å². The van der Waals surface area contributed by atoms with Crippen LogP contribution in [0, 0.1) is 5.92 Å². The molecule has 1 aliphatic rings. The minimum atomic E-state index is -0.698. The van der Waals surface area contributed by atoms with Crippen molar-refractivity contribution in [3.8, 4) is 0 Å². The highest BCUT2D eigenvalue weighted by Crippen LogP contribution is 2.08. The Hall–Kier alpha value is -2.12. The number of alkyl carbamates (subject to hydrolysis) is 1. The van der Waals surface area contributed by atoms with E-state index in [-0.39, 0.29) is 24.5 Å². The summed E-state index contributed by atoms with van der Waals surface area (Å²) in [6.07, 6.45) is -0.758.